The molecule has 0 spiro atoms. The van der Waals surface area contributed by atoms with E-state index < -0.39 is 6.36 Å². The molecule has 1 heterocycles. The molecule has 1 aliphatic carbocycles. The number of nitrogens with zero attached hydrogens (tertiary/aromatic N) is 1. The maximum atomic E-state index is 12.3. The number of hydrogen-bond acceptors (Lipinski definition) is 3. The number of rotatable bonds is 7. The Bertz CT molecular complexity index is 598. The first-order chi connectivity index (χ1) is 12.4. The second-order valence-corrected chi connectivity index (χ2v) is 7.20. The Balaban J connectivity index is 0.00000261. The molecule has 4 nitrogen and oxygen atoms in total. The summed E-state index contributed by atoms with van der Waals surface area (Å²) in [7, 11) is 0. The van der Waals surface area contributed by atoms with Crippen LogP contribution in [0.25, 0.3) is 0 Å². The molecule has 8 heteroatoms. The summed E-state index contributed by atoms with van der Waals surface area (Å²) >= 11 is 0. The summed E-state index contributed by atoms with van der Waals surface area (Å²) in [5.41, 5.74) is 0.828. The fraction of sp³-hybridized carbons (Fsp3) is 0.632. The zero-order valence-corrected chi connectivity index (χ0v) is 16.0. The number of amides is 1. The molecule has 1 saturated heterocycles. The molecule has 1 aromatic rings. The first kappa shape index (κ1) is 21.8. The van der Waals surface area contributed by atoms with Gasteiger partial charge in [0.1, 0.15) is 5.75 Å². The average molecular weight is 407 g/mol. The van der Waals surface area contributed by atoms with Crippen LogP contribution in [0.15, 0.2) is 24.3 Å². The van der Waals surface area contributed by atoms with Crippen molar-refractivity contribution in [1.82, 2.24) is 10.2 Å². The molecule has 1 amide bonds. The minimum Gasteiger partial charge on any atom is -0.406 e. The van der Waals surface area contributed by atoms with Crippen molar-refractivity contribution in [2.75, 3.05) is 19.6 Å². The third-order valence-corrected chi connectivity index (χ3v) is 5.02. The number of carbonyl (C=O) groups is 1. The second kappa shape index (κ2) is 9.64. The van der Waals surface area contributed by atoms with E-state index >= 15 is 0 Å². The first-order valence-corrected chi connectivity index (χ1v) is 9.25. The molecule has 3 rings (SSSR count). The van der Waals surface area contributed by atoms with E-state index in [1.165, 1.54) is 25.0 Å². The molecule has 0 radical (unpaired) electrons. The third-order valence-electron chi connectivity index (χ3n) is 5.02. The van der Waals surface area contributed by atoms with Crippen LogP contribution in [0.2, 0.25) is 0 Å². The third kappa shape index (κ3) is 7.58. The highest BCUT2D eigenvalue weighted by atomic mass is 35.5. The number of halogens is 4. The molecule has 2 fully saturated rings. The molecule has 27 heavy (non-hydrogen) atoms. The van der Waals surface area contributed by atoms with Gasteiger partial charge in [-0.25, -0.2) is 0 Å². The van der Waals surface area contributed by atoms with Crippen LogP contribution in [-0.2, 0) is 11.2 Å². The van der Waals surface area contributed by atoms with Gasteiger partial charge >= 0.3 is 6.36 Å². The molecule has 1 aromatic carbocycles. The Morgan fingerprint density at radius 1 is 1.11 bits per heavy atom. The molecule has 0 bridgehead atoms. The van der Waals surface area contributed by atoms with Crippen molar-refractivity contribution < 1.29 is 22.7 Å². The molecule has 0 atom stereocenters. The monoisotopic (exact) mass is 406 g/mol. The van der Waals surface area contributed by atoms with Crippen molar-refractivity contribution in [2.45, 2.75) is 50.9 Å². The molecule has 1 saturated carbocycles. The summed E-state index contributed by atoms with van der Waals surface area (Å²) in [6, 6.07) is 6.22. The quantitative estimate of drug-likeness (QED) is 0.746. The number of alkyl halides is 3. The molecular formula is C19H26ClF3N2O2. The van der Waals surface area contributed by atoms with Crippen LogP contribution in [0.1, 0.15) is 37.7 Å². The first-order valence-electron chi connectivity index (χ1n) is 9.25. The summed E-state index contributed by atoms with van der Waals surface area (Å²) in [4.78, 5) is 14.2. The number of piperidine rings is 1. The highest BCUT2D eigenvalue weighted by Gasteiger charge is 2.31. The number of likely N-dealkylation sites (tertiary alicyclic amines) is 1. The summed E-state index contributed by atoms with van der Waals surface area (Å²) in [6.07, 6.45) is 0.868. The fourth-order valence-electron chi connectivity index (χ4n) is 3.26. The zero-order chi connectivity index (χ0) is 18.6. The number of ether oxygens (including phenoxy) is 1. The Kier molecular flexibility index (Phi) is 7.79. The molecule has 0 aromatic heterocycles. The van der Waals surface area contributed by atoms with Gasteiger partial charge in [-0.2, -0.15) is 0 Å². The van der Waals surface area contributed by atoms with Gasteiger partial charge in [-0.1, -0.05) is 12.1 Å². The lowest BCUT2D eigenvalue weighted by molar-refractivity contribution is -0.274. The van der Waals surface area contributed by atoms with Crippen molar-refractivity contribution >= 4 is 18.3 Å². The Labute approximate surface area is 163 Å². The van der Waals surface area contributed by atoms with Crippen LogP contribution in [0.5, 0.6) is 5.75 Å². The average Bonchev–Trinajstić information content (AvgIpc) is 3.43. The minimum atomic E-state index is -4.68. The molecule has 152 valence electrons. The summed E-state index contributed by atoms with van der Waals surface area (Å²) in [6.45, 7) is 2.66. The minimum absolute atomic E-state index is 0. The van der Waals surface area contributed by atoms with Crippen molar-refractivity contribution in [1.29, 1.82) is 0 Å². The largest absolute Gasteiger partial charge is 0.573 e. The topological polar surface area (TPSA) is 41.6 Å². The zero-order valence-electron chi connectivity index (χ0n) is 15.1. The standard InChI is InChI=1S/C19H25F3N2O2.ClH/c20-19(21,22)26-17-6-3-14(4-7-17)5-8-18(25)24-11-9-16(10-12-24)23-13-15-1-2-15;/h3-4,6-7,15-16,23H,1-2,5,8-13H2;1H. The number of benzene rings is 1. The van der Waals surface area contributed by atoms with Gasteiger partial charge in [-0.15, -0.1) is 25.6 Å². The fourth-order valence-corrected chi connectivity index (χ4v) is 3.26. The van der Waals surface area contributed by atoms with Gasteiger partial charge in [0.15, 0.2) is 0 Å². The highest BCUT2D eigenvalue weighted by Crippen LogP contribution is 2.28. The predicted octanol–water partition coefficient (Wildman–Crippen LogP) is 3.93. The van der Waals surface area contributed by atoms with Crippen molar-refractivity contribution in [3.05, 3.63) is 29.8 Å². The van der Waals surface area contributed by atoms with Crippen LogP contribution < -0.4 is 10.1 Å². The molecule has 1 aliphatic heterocycles. The Morgan fingerprint density at radius 3 is 2.30 bits per heavy atom. The molecule has 0 unspecified atom stereocenters. The molecule has 1 N–H and O–H groups in total. The van der Waals surface area contributed by atoms with Crippen molar-refractivity contribution in [3.8, 4) is 5.75 Å². The molecule has 2 aliphatic rings. The summed E-state index contributed by atoms with van der Waals surface area (Å²) in [5.74, 6) is 0.734. The molecular weight excluding hydrogens is 381 g/mol. The lowest BCUT2D eigenvalue weighted by atomic mass is 10.0. The number of aryl methyl sites for hydroxylation is 1. The van der Waals surface area contributed by atoms with E-state index in [-0.39, 0.29) is 24.1 Å². The van der Waals surface area contributed by atoms with Gasteiger partial charge in [0.05, 0.1) is 0 Å². The Morgan fingerprint density at radius 2 is 1.74 bits per heavy atom. The lowest BCUT2D eigenvalue weighted by Gasteiger charge is -2.32. The van der Waals surface area contributed by atoms with E-state index in [1.807, 2.05) is 4.90 Å². The predicted molar refractivity (Wildman–Crippen MR) is 99.0 cm³/mol. The van der Waals surface area contributed by atoms with Crippen LogP contribution in [0.4, 0.5) is 13.2 Å². The number of hydrogen-bond donors (Lipinski definition) is 1. The van der Waals surface area contributed by atoms with Gasteiger partial charge < -0.3 is 15.0 Å². The van der Waals surface area contributed by atoms with Crippen molar-refractivity contribution in [3.63, 3.8) is 0 Å². The van der Waals surface area contributed by atoms with E-state index in [2.05, 4.69) is 10.1 Å². The number of nitrogens with one attached hydrogen (secondary N) is 1. The SMILES string of the molecule is Cl.O=C(CCc1ccc(OC(F)(F)F)cc1)N1CCC(NCC2CC2)CC1. The lowest BCUT2D eigenvalue weighted by Crippen LogP contribution is -2.45. The van der Waals surface area contributed by atoms with Gasteiger partial charge in [-0.3, -0.25) is 4.79 Å². The van der Waals surface area contributed by atoms with Gasteiger partial charge in [-0.05, 0) is 62.3 Å². The van der Waals surface area contributed by atoms with Crippen LogP contribution in [-0.4, -0.2) is 42.8 Å². The smallest absolute Gasteiger partial charge is 0.406 e. The summed E-state index contributed by atoms with van der Waals surface area (Å²) < 4.78 is 40.3. The van der Waals surface area contributed by atoms with Crippen LogP contribution in [0.3, 0.4) is 0 Å². The van der Waals surface area contributed by atoms with Crippen molar-refractivity contribution in [2.24, 2.45) is 5.92 Å². The van der Waals surface area contributed by atoms with Crippen LogP contribution >= 0.6 is 12.4 Å². The maximum absolute atomic E-state index is 12.3. The summed E-state index contributed by atoms with van der Waals surface area (Å²) in [5, 5.41) is 3.59. The van der Waals surface area contributed by atoms with Gasteiger partial charge in [0.2, 0.25) is 5.91 Å². The normalized spacial score (nSPS) is 18.1. The number of carbonyl (C=O) groups excluding carboxylic acids is 1. The van der Waals surface area contributed by atoms with E-state index in [9.17, 15) is 18.0 Å². The van der Waals surface area contributed by atoms with Gasteiger partial charge in [0, 0.05) is 25.6 Å². The van der Waals surface area contributed by atoms with Gasteiger partial charge in [0.25, 0.3) is 0 Å². The second-order valence-electron chi connectivity index (χ2n) is 7.20. The maximum Gasteiger partial charge on any atom is 0.573 e. The van der Waals surface area contributed by atoms with E-state index in [0.717, 1.165) is 44.0 Å². The van der Waals surface area contributed by atoms with Crippen LogP contribution in [0, 0.1) is 5.92 Å². The van der Waals surface area contributed by atoms with E-state index in [1.54, 1.807) is 12.1 Å². The highest BCUT2D eigenvalue weighted by molar-refractivity contribution is 5.85. The van der Waals surface area contributed by atoms with E-state index in [4.69, 9.17) is 0 Å². The van der Waals surface area contributed by atoms with E-state index in [0.29, 0.717) is 18.9 Å². The Hall–Kier alpha value is -1.47.